The van der Waals surface area contributed by atoms with Gasteiger partial charge in [0.1, 0.15) is 0 Å². The number of aliphatic carboxylic acids is 1. The molecule has 16 heavy (non-hydrogen) atoms. The van der Waals surface area contributed by atoms with Crippen molar-refractivity contribution in [2.75, 3.05) is 26.7 Å². The minimum Gasteiger partial charge on any atom is -0.481 e. The second kappa shape index (κ2) is 5.69. The number of likely N-dealkylation sites (N-methyl/N-ethyl adjacent to an activating group) is 1. The van der Waals surface area contributed by atoms with Crippen LogP contribution in [0.1, 0.15) is 19.3 Å². The lowest BCUT2D eigenvalue weighted by molar-refractivity contribution is -0.138. The third-order valence-corrected chi connectivity index (χ3v) is 2.80. The van der Waals surface area contributed by atoms with Gasteiger partial charge >= 0.3 is 12.0 Å². The second-order valence-electron chi connectivity index (χ2n) is 4.02. The Labute approximate surface area is 94.4 Å². The van der Waals surface area contributed by atoms with E-state index in [4.69, 9.17) is 10.2 Å². The summed E-state index contributed by atoms with van der Waals surface area (Å²) in [5.74, 6) is -0.880. The van der Waals surface area contributed by atoms with Gasteiger partial charge in [-0.25, -0.2) is 4.79 Å². The molecule has 0 saturated carbocycles. The highest BCUT2D eigenvalue weighted by atomic mass is 16.4. The molecule has 1 fully saturated rings. The number of amides is 2. The first kappa shape index (κ1) is 12.8. The Morgan fingerprint density at radius 1 is 1.50 bits per heavy atom. The topological polar surface area (TPSA) is 81.1 Å². The highest BCUT2D eigenvalue weighted by Crippen LogP contribution is 2.21. The molecule has 1 aliphatic heterocycles. The van der Waals surface area contributed by atoms with E-state index in [0.29, 0.717) is 6.54 Å². The monoisotopic (exact) mass is 230 g/mol. The second-order valence-corrected chi connectivity index (χ2v) is 4.02. The van der Waals surface area contributed by atoms with Gasteiger partial charge in [0.05, 0.1) is 13.0 Å². The molecule has 0 bridgehead atoms. The molecule has 0 radical (unpaired) electrons. The molecule has 1 atom stereocenters. The molecule has 1 unspecified atom stereocenters. The van der Waals surface area contributed by atoms with E-state index in [1.807, 2.05) is 0 Å². The Morgan fingerprint density at radius 3 is 2.75 bits per heavy atom. The maximum absolute atomic E-state index is 11.9. The van der Waals surface area contributed by atoms with Crippen LogP contribution in [-0.4, -0.2) is 64.8 Å². The molecular formula is C10H18N2O4. The van der Waals surface area contributed by atoms with Crippen LogP contribution in [0.15, 0.2) is 0 Å². The molecule has 0 aromatic carbocycles. The highest BCUT2D eigenvalue weighted by molar-refractivity contribution is 5.76. The minimum absolute atomic E-state index is 0.00128. The zero-order chi connectivity index (χ0) is 12.1. The average Bonchev–Trinajstić information content (AvgIpc) is 2.64. The van der Waals surface area contributed by atoms with Crippen LogP contribution < -0.4 is 0 Å². The maximum atomic E-state index is 11.9. The fourth-order valence-electron chi connectivity index (χ4n) is 1.97. The third kappa shape index (κ3) is 3.10. The van der Waals surface area contributed by atoms with Gasteiger partial charge in [0.2, 0.25) is 0 Å². The van der Waals surface area contributed by atoms with Crippen LogP contribution in [0.2, 0.25) is 0 Å². The minimum atomic E-state index is -0.880. The number of carbonyl (C=O) groups excluding carboxylic acids is 1. The summed E-state index contributed by atoms with van der Waals surface area (Å²) in [5.41, 5.74) is 0. The molecule has 92 valence electrons. The molecule has 0 aromatic heterocycles. The van der Waals surface area contributed by atoms with Crippen molar-refractivity contribution in [3.8, 4) is 0 Å². The summed E-state index contributed by atoms with van der Waals surface area (Å²) in [6.45, 7) is 0.793. The van der Waals surface area contributed by atoms with Crippen LogP contribution in [0.5, 0.6) is 0 Å². The van der Waals surface area contributed by atoms with Crippen molar-refractivity contribution in [3.05, 3.63) is 0 Å². The van der Waals surface area contributed by atoms with Crippen molar-refractivity contribution < 1.29 is 19.8 Å². The van der Waals surface area contributed by atoms with Crippen LogP contribution in [0.3, 0.4) is 0 Å². The first-order valence-corrected chi connectivity index (χ1v) is 5.40. The Bertz CT molecular complexity index is 270. The summed E-state index contributed by atoms with van der Waals surface area (Å²) in [5, 5.41) is 17.5. The largest absolute Gasteiger partial charge is 0.481 e. The molecule has 2 amide bonds. The van der Waals surface area contributed by atoms with Gasteiger partial charge in [-0.05, 0) is 12.8 Å². The van der Waals surface area contributed by atoms with Crippen LogP contribution in [0.4, 0.5) is 4.79 Å². The summed E-state index contributed by atoms with van der Waals surface area (Å²) >= 11 is 0. The molecule has 6 nitrogen and oxygen atoms in total. The molecule has 0 spiro atoms. The van der Waals surface area contributed by atoms with Crippen molar-refractivity contribution in [1.82, 2.24) is 9.80 Å². The van der Waals surface area contributed by atoms with Crippen LogP contribution in [-0.2, 0) is 4.79 Å². The molecule has 1 rings (SSSR count). The zero-order valence-corrected chi connectivity index (χ0v) is 9.43. The van der Waals surface area contributed by atoms with Crippen molar-refractivity contribution in [1.29, 1.82) is 0 Å². The number of nitrogens with zero attached hydrogens (tertiary/aromatic N) is 2. The Hall–Kier alpha value is -1.30. The number of likely N-dealkylation sites (tertiary alicyclic amines) is 1. The predicted octanol–water partition coefficient (Wildman–Crippen LogP) is -0.0304. The number of carboxylic acids is 1. The number of aliphatic hydroxyl groups excluding tert-OH is 1. The summed E-state index contributed by atoms with van der Waals surface area (Å²) < 4.78 is 0. The summed E-state index contributed by atoms with van der Waals surface area (Å²) in [6.07, 6.45) is 1.58. The summed E-state index contributed by atoms with van der Waals surface area (Å²) in [7, 11) is 1.61. The average molecular weight is 230 g/mol. The lowest BCUT2D eigenvalue weighted by Crippen LogP contribution is -2.45. The van der Waals surface area contributed by atoms with E-state index in [1.165, 1.54) is 4.90 Å². The SMILES string of the molecule is CN(CCO)C(=O)N1CCCC1CC(=O)O. The van der Waals surface area contributed by atoms with Crippen molar-refractivity contribution in [2.24, 2.45) is 0 Å². The zero-order valence-electron chi connectivity index (χ0n) is 9.43. The van der Waals surface area contributed by atoms with Crippen molar-refractivity contribution >= 4 is 12.0 Å². The van der Waals surface area contributed by atoms with Crippen LogP contribution >= 0.6 is 0 Å². The fourth-order valence-corrected chi connectivity index (χ4v) is 1.97. The molecule has 1 heterocycles. The van der Waals surface area contributed by atoms with E-state index in [1.54, 1.807) is 11.9 Å². The number of urea groups is 1. The summed E-state index contributed by atoms with van der Waals surface area (Å²) in [6, 6.07) is -0.399. The van der Waals surface area contributed by atoms with Gasteiger partial charge in [-0.3, -0.25) is 4.79 Å². The Morgan fingerprint density at radius 2 is 2.19 bits per heavy atom. The molecule has 1 aliphatic rings. The molecule has 0 aliphatic carbocycles. The van der Waals surface area contributed by atoms with Gasteiger partial charge in [-0.15, -0.1) is 0 Å². The van der Waals surface area contributed by atoms with Crippen LogP contribution in [0, 0.1) is 0 Å². The molecule has 1 saturated heterocycles. The van der Waals surface area contributed by atoms with Crippen molar-refractivity contribution in [2.45, 2.75) is 25.3 Å². The number of hydrogen-bond acceptors (Lipinski definition) is 3. The molecule has 6 heteroatoms. The lowest BCUT2D eigenvalue weighted by atomic mass is 10.1. The normalized spacial score (nSPS) is 19.9. The first-order chi connectivity index (χ1) is 7.56. The highest BCUT2D eigenvalue weighted by Gasteiger charge is 2.31. The first-order valence-electron chi connectivity index (χ1n) is 5.40. The van der Waals surface area contributed by atoms with Gasteiger partial charge in [0.25, 0.3) is 0 Å². The van der Waals surface area contributed by atoms with Gasteiger partial charge in [0.15, 0.2) is 0 Å². The van der Waals surface area contributed by atoms with E-state index < -0.39 is 5.97 Å². The molecule has 2 N–H and O–H groups in total. The van der Waals surface area contributed by atoms with E-state index in [9.17, 15) is 9.59 Å². The standard InChI is InChI=1S/C10H18N2O4/c1-11(5-6-13)10(16)12-4-2-3-8(12)7-9(14)15/h8,13H,2-7H2,1H3,(H,14,15). The van der Waals surface area contributed by atoms with E-state index in [0.717, 1.165) is 12.8 Å². The number of carbonyl (C=O) groups is 2. The smallest absolute Gasteiger partial charge is 0.320 e. The van der Waals surface area contributed by atoms with Crippen LogP contribution in [0.25, 0.3) is 0 Å². The number of hydrogen-bond donors (Lipinski definition) is 2. The number of rotatable bonds is 4. The quantitative estimate of drug-likeness (QED) is 0.710. The van der Waals surface area contributed by atoms with Gasteiger partial charge in [-0.1, -0.05) is 0 Å². The van der Waals surface area contributed by atoms with Crippen molar-refractivity contribution in [3.63, 3.8) is 0 Å². The van der Waals surface area contributed by atoms with Gasteiger partial charge in [0, 0.05) is 26.2 Å². The van der Waals surface area contributed by atoms with E-state index in [-0.39, 0.29) is 31.6 Å². The Kier molecular flexibility index (Phi) is 4.54. The third-order valence-electron chi connectivity index (χ3n) is 2.80. The summed E-state index contributed by atoms with van der Waals surface area (Å²) in [4.78, 5) is 25.5. The Balaban J connectivity index is 2.56. The molecule has 0 aromatic rings. The lowest BCUT2D eigenvalue weighted by Gasteiger charge is -2.28. The fraction of sp³-hybridized carbons (Fsp3) is 0.800. The van der Waals surface area contributed by atoms with E-state index in [2.05, 4.69) is 0 Å². The molecular weight excluding hydrogens is 212 g/mol. The van der Waals surface area contributed by atoms with Gasteiger partial charge < -0.3 is 20.0 Å². The van der Waals surface area contributed by atoms with E-state index >= 15 is 0 Å². The predicted molar refractivity (Wildman–Crippen MR) is 57.1 cm³/mol. The number of carboxylic acid groups (broad SMARTS) is 1. The maximum Gasteiger partial charge on any atom is 0.320 e. The van der Waals surface area contributed by atoms with Gasteiger partial charge in [-0.2, -0.15) is 0 Å². The number of aliphatic hydroxyl groups is 1.